The Bertz CT molecular complexity index is 367. The standard InChI is InChI=1S/C12H17N3O2/c13-5-4-11-8-17-9-12(16)15(11)7-10-3-1-2-6-14-10/h1-3,6,11H,4-5,7-9,13H2. The number of morpholine rings is 1. The van der Waals surface area contributed by atoms with E-state index in [4.69, 9.17) is 10.5 Å². The van der Waals surface area contributed by atoms with E-state index < -0.39 is 0 Å². The molecule has 1 atom stereocenters. The van der Waals surface area contributed by atoms with Crippen molar-refractivity contribution in [1.82, 2.24) is 9.88 Å². The van der Waals surface area contributed by atoms with Crippen LogP contribution in [0, 0.1) is 0 Å². The number of hydrogen-bond donors (Lipinski definition) is 1. The van der Waals surface area contributed by atoms with E-state index in [9.17, 15) is 4.79 Å². The second-order valence-electron chi connectivity index (χ2n) is 4.09. The van der Waals surface area contributed by atoms with Gasteiger partial charge in [0.2, 0.25) is 5.91 Å². The Balaban J connectivity index is 2.07. The average molecular weight is 235 g/mol. The van der Waals surface area contributed by atoms with Crippen molar-refractivity contribution in [2.24, 2.45) is 5.73 Å². The maximum absolute atomic E-state index is 11.8. The van der Waals surface area contributed by atoms with Crippen molar-refractivity contribution >= 4 is 5.91 Å². The fourth-order valence-electron chi connectivity index (χ4n) is 1.97. The number of carbonyl (C=O) groups excluding carboxylic acids is 1. The Hall–Kier alpha value is -1.46. The fraction of sp³-hybridized carbons (Fsp3) is 0.500. The summed E-state index contributed by atoms with van der Waals surface area (Å²) in [4.78, 5) is 17.9. The molecule has 2 heterocycles. The van der Waals surface area contributed by atoms with Crippen molar-refractivity contribution in [3.63, 3.8) is 0 Å². The lowest BCUT2D eigenvalue weighted by molar-refractivity contribution is -0.149. The van der Waals surface area contributed by atoms with Crippen LogP contribution in [0.2, 0.25) is 0 Å². The smallest absolute Gasteiger partial charge is 0.249 e. The highest BCUT2D eigenvalue weighted by Gasteiger charge is 2.28. The molecule has 0 saturated carbocycles. The minimum Gasteiger partial charge on any atom is -0.369 e. The van der Waals surface area contributed by atoms with Crippen molar-refractivity contribution in [3.05, 3.63) is 30.1 Å². The van der Waals surface area contributed by atoms with E-state index in [1.165, 1.54) is 0 Å². The highest BCUT2D eigenvalue weighted by molar-refractivity contribution is 5.78. The molecule has 0 radical (unpaired) electrons. The van der Waals surface area contributed by atoms with Crippen molar-refractivity contribution in [1.29, 1.82) is 0 Å². The molecule has 0 spiro atoms. The first-order valence-electron chi connectivity index (χ1n) is 5.78. The van der Waals surface area contributed by atoms with Crippen LogP contribution in [0.15, 0.2) is 24.4 Å². The molecule has 0 aliphatic carbocycles. The summed E-state index contributed by atoms with van der Waals surface area (Å²) in [6.45, 7) is 1.82. The minimum atomic E-state index is 0.0142. The molecule has 5 nitrogen and oxygen atoms in total. The second-order valence-corrected chi connectivity index (χ2v) is 4.09. The topological polar surface area (TPSA) is 68.5 Å². The number of rotatable bonds is 4. The molecular formula is C12H17N3O2. The zero-order valence-electron chi connectivity index (χ0n) is 9.71. The van der Waals surface area contributed by atoms with Crippen molar-refractivity contribution in [2.45, 2.75) is 19.0 Å². The van der Waals surface area contributed by atoms with E-state index in [0.717, 1.165) is 12.1 Å². The molecule has 1 aromatic heterocycles. The van der Waals surface area contributed by atoms with Crippen LogP contribution >= 0.6 is 0 Å². The van der Waals surface area contributed by atoms with Crippen molar-refractivity contribution < 1.29 is 9.53 Å². The molecule has 1 fully saturated rings. The number of nitrogens with two attached hydrogens (primary N) is 1. The zero-order valence-corrected chi connectivity index (χ0v) is 9.71. The van der Waals surface area contributed by atoms with Crippen LogP contribution in [0.25, 0.3) is 0 Å². The monoisotopic (exact) mass is 235 g/mol. The molecule has 1 aliphatic heterocycles. The molecule has 2 N–H and O–H groups in total. The predicted molar refractivity (Wildman–Crippen MR) is 63.1 cm³/mol. The highest BCUT2D eigenvalue weighted by Crippen LogP contribution is 2.14. The first kappa shape index (κ1) is 12.0. The molecule has 1 aliphatic rings. The number of hydrogen-bond acceptors (Lipinski definition) is 4. The summed E-state index contributed by atoms with van der Waals surface area (Å²) in [5.74, 6) is 0.0142. The maximum Gasteiger partial charge on any atom is 0.249 e. The molecule has 1 saturated heterocycles. The molecule has 0 aromatic carbocycles. The molecule has 5 heteroatoms. The molecule has 1 aromatic rings. The maximum atomic E-state index is 11.8. The number of ether oxygens (including phenoxy) is 1. The number of aromatic nitrogens is 1. The van der Waals surface area contributed by atoms with Crippen molar-refractivity contribution in [2.75, 3.05) is 19.8 Å². The van der Waals surface area contributed by atoms with E-state index >= 15 is 0 Å². The number of carbonyl (C=O) groups is 1. The quantitative estimate of drug-likeness (QED) is 0.807. The summed E-state index contributed by atoms with van der Waals surface area (Å²) < 4.78 is 5.25. The van der Waals surface area contributed by atoms with Crippen LogP contribution in [-0.4, -0.2) is 41.6 Å². The lowest BCUT2D eigenvalue weighted by Gasteiger charge is -2.35. The third-order valence-corrected chi connectivity index (χ3v) is 2.86. The summed E-state index contributed by atoms with van der Waals surface area (Å²) in [5.41, 5.74) is 6.44. The zero-order chi connectivity index (χ0) is 12.1. The Morgan fingerprint density at radius 3 is 3.12 bits per heavy atom. The van der Waals surface area contributed by atoms with Gasteiger partial charge in [-0.05, 0) is 25.1 Å². The van der Waals surface area contributed by atoms with Gasteiger partial charge < -0.3 is 15.4 Å². The Morgan fingerprint density at radius 1 is 1.53 bits per heavy atom. The molecule has 17 heavy (non-hydrogen) atoms. The van der Waals surface area contributed by atoms with Gasteiger partial charge in [-0.2, -0.15) is 0 Å². The van der Waals surface area contributed by atoms with Gasteiger partial charge in [-0.25, -0.2) is 0 Å². The minimum absolute atomic E-state index is 0.0142. The first-order chi connectivity index (χ1) is 8.31. The Morgan fingerprint density at radius 2 is 2.41 bits per heavy atom. The van der Waals surface area contributed by atoms with Gasteiger partial charge in [-0.15, -0.1) is 0 Å². The summed E-state index contributed by atoms with van der Waals surface area (Å²) in [7, 11) is 0. The van der Waals surface area contributed by atoms with Gasteiger partial charge >= 0.3 is 0 Å². The molecule has 0 bridgehead atoms. The van der Waals surface area contributed by atoms with E-state index in [0.29, 0.717) is 19.7 Å². The van der Waals surface area contributed by atoms with E-state index in [1.54, 1.807) is 6.20 Å². The summed E-state index contributed by atoms with van der Waals surface area (Å²) in [6, 6.07) is 5.78. The number of nitrogens with zero attached hydrogens (tertiary/aromatic N) is 2. The molecule has 92 valence electrons. The van der Waals surface area contributed by atoms with Crippen LogP contribution in [0.3, 0.4) is 0 Å². The summed E-state index contributed by atoms with van der Waals surface area (Å²) >= 11 is 0. The Kier molecular flexibility index (Phi) is 4.06. The third kappa shape index (κ3) is 3.01. The van der Waals surface area contributed by atoms with Gasteiger partial charge in [0, 0.05) is 6.20 Å². The van der Waals surface area contributed by atoms with Crippen LogP contribution < -0.4 is 5.73 Å². The van der Waals surface area contributed by atoms with E-state index in [1.807, 2.05) is 23.1 Å². The second kappa shape index (κ2) is 5.75. The molecule has 2 rings (SSSR count). The first-order valence-corrected chi connectivity index (χ1v) is 5.78. The fourth-order valence-corrected chi connectivity index (χ4v) is 1.97. The van der Waals surface area contributed by atoms with Crippen LogP contribution in [0.4, 0.5) is 0 Å². The SMILES string of the molecule is NCCC1COCC(=O)N1Cc1ccccn1. The Labute approximate surface area is 101 Å². The van der Waals surface area contributed by atoms with Gasteiger partial charge in [-0.1, -0.05) is 6.07 Å². The lowest BCUT2D eigenvalue weighted by atomic mass is 10.1. The van der Waals surface area contributed by atoms with E-state index in [-0.39, 0.29) is 18.6 Å². The van der Waals surface area contributed by atoms with Crippen LogP contribution in [0.1, 0.15) is 12.1 Å². The average Bonchev–Trinajstić information content (AvgIpc) is 2.35. The van der Waals surface area contributed by atoms with E-state index in [2.05, 4.69) is 4.98 Å². The normalized spacial score (nSPS) is 20.6. The third-order valence-electron chi connectivity index (χ3n) is 2.86. The predicted octanol–water partition coefficient (Wildman–Crippen LogP) is 0.158. The number of amides is 1. The van der Waals surface area contributed by atoms with Crippen LogP contribution in [0.5, 0.6) is 0 Å². The van der Waals surface area contributed by atoms with Gasteiger partial charge in [0.1, 0.15) is 6.61 Å². The highest BCUT2D eigenvalue weighted by atomic mass is 16.5. The van der Waals surface area contributed by atoms with Gasteiger partial charge in [0.15, 0.2) is 0 Å². The lowest BCUT2D eigenvalue weighted by Crippen LogP contribution is -2.49. The molecule has 1 amide bonds. The molecular weight excluding hydrogens is 218 g/mol. The van der Waals surface area contributed by atoms with Gasteiger partial charge in [0.05, 0.1) is 24.9 Å². The van der Waals surface area contributed by atoms with Gasteiger partial charge in [-0.3, -0.25) is 9.78 Å². The van der Waals surface area contributed by atoms with Gasteiger partial charge in [0.25, 0.3) is 0 Å². The summed E-state index contributed by atoms with van der Waals surface area (Å²) in [6.07, 6.45) is 2.50. The van der Waals surface area contributed by atoms with Crippen molar-refractivity contribution in [3.8, 4) is 0 Å². The number of pyridine rings is 1. The van der Waals surface area contributed by atoms with Crippen LogP contribution in [-0.2, 0) is 16.1 Å². The molecule has 1 unspecified atom stereocenters. The largest absolute Gasteiger partial charge is 0.369 e. The summed E-state index contributed by atoms with van der Waals surface area (Å²) in [5, 5.41) is 0.